The van der Waals surface area contributed by atoms with Gasteiger partial charge in [-0.15, -0.1) is 0 Å². The van der Waals surface area contributed by atoms with Gasteiger partial charge in [0.15, 0.2) is 0 Å². The Morgan fingerprint density at radius 1 is 1.29 bits per heavy atom. The van der Waals surface area contributed by atoms with E-state index >= 15 is 0 Å². The van der Waals surface area contributed by atoms with Crippen LogP contribution in [0.3, 0.4) is 0 Å². The van der Waals surface area contributed by atoms with Gasteiger partial charge in [0.25, 0.3) is 5.91 Å². The highest BCUT2D eigenvalue weighted by atomic mass is 32.1. The van der Waals surface area contributed by atoms with Crippen molar-refractivity contribution in [3.05, 3.63) is 35.4 Å². The van der Waals surface area contributed by atoms with E-state index in [0.29, 0.717) is 11.5 Å². The zero-order chi connectivity index (χ0) is 9.71. The Hall–Kier alpha value is -1.55. The number of amidine groups is 1. The van der Waals surface area contributed by atoms with E-state index < -0.39 is 0 Å². The van der Waals surface area contributed by atoms with Crippen LogP contribution in [0.1, 0.15) is 15.9 Å². The maximum Gasteiger partial charge on any atom is 0.260 e. The number of fused-ring (bicyclic) bond motifs is 3. The molecule has 0 saturated carbocycles. The van der Waals surface area contributed by atoms with Gasteiger partial charge < -0.3 is 0 Å². The highest BCUT2D eigenvalue weighted by molar-refractivity contribution is 7.80. The molecule has 0 aliphatic carbocycles. The van der Waals surface area contributed by atoms with E-state index in [1.54, 1.807) is 4.90 Å². The average molecular weight is 202 g/mol. The Kier molecular flexibility index (Phi) is 1.39. The molecule has 14 heavy (non-hydrogen) atoms. The number of hydrogen-bond donors (Lipinski definition) is 0. The van der Waals surface area contributed by atoms with Crippen molar-refractivity contribution in [2.45, 2.75) is 0 Å². The molecule has 1 aromatic rings. The summed E-state index contributed by atoms with van der Waals surface area (Å²) < 4.78 is 0. The molecule has 2 heterocycles. The summed E-state index contributed by atoms with van der Waals surface area (Å²) in [5, 5.41) is 0. The van der Waals surface area contributed by atoms with Crippen molar-refractivity contribution in [2.75, 3.05) is 6.54 Å². The Morgan fingerprint density at radius 3 is 2.79 bits per heavy atom. The van der Waals surface area contributed by atoms with Crippen LogP contribution >= 0.6 is 12.2 Å². The second-order valence-corrected chi connectivity index (χ2v) is 3.74. The van der Waals surface area contributed by atoms with Gasteiger partial charge in [0.2, 0.25) is 0 Å². The van der Waals surface area contributed by atoms with E-state index in [-0.39, 0.29) is 5.91 Å². The zero-order valence-electron chi connectivity index (χ0n) is 7.23. The highest BCUT2D eigenvalue weighted by Crippen LogP contribution is 2.26. The molecule has 68 valence electrons. The molecule has 4 heteroatoms. The number of hydrogen-bond acceptors (Lipinski definition) is 2. The summed E-state index contributed by atoms with van der Waals surface area (Å²) in [6, 6.07) is 7.48. The summed E-state index contributed by atoms with van der Waals surface area (Å²) in [6.45, 7) is 0.457. The zero-order valence-corrected chi connectivity index (χ0v) is 8.04. The Balaban J connectivity index is 2.28. The summed E-state index contributed by atoms with van der Waals surface area (Å²) in [5.74, 6) is 0.731. The molecule has 2 aliphatic rings. The average Bonchev–Trinajstić information content (AvgIpc) is 2.68. The van der Waals surface area contributed by atoms with Crippen molar-refractivity contribution < 1.29 is 4.79 Å². The van der Waals surface area contributed by atoms with Crippen molar-refractivity contribution in [1.29, 1.82) is 0 Å². The standard InChI is InChI=1S/C10H6N2OS/c13-10-7-4-2-1-3-6(7)9-11-8(14)5-12(9)10/h1-4H,5H2. The van der Waals surface area contributed by atoms with Crippen molar-refractivity contribution in [1.82, 2.24) is 4.90 Å². The lowest BCUT2D eigenvalue weighted by molar-refractivity contribution is 0.0877. The maximum absolute atomic E-state index is 11.8. The molecule has 1 aromatic carbocycles. The normalized spacial score (nSPS) is 18.3. The summed E-state index contributed by atoms with van der Waals surface area (Å²) in [7, 11) is 0. The quantitative estimate of drug-likeness (QED) is 0.593. The first-order valence-corrected chi connectivity index (χ1v) is 4.71. The fraction of sp³-hybridized carbons (Fsp3) is 0.100. The third-order valence-electron chi connectivity index (χ3n) is 2.42. The molecular formula is C10H6N2OS. The van der Waals surface area contributed by atoms with Gasteiger partial charge in [-0.3, -0.25) is 9.69 Å². The van der Waals surface area contributed by atoms with E-state index in [0.717, 1.165) is 17.0 Å². The van der Waals surface area contributed by atoms with Crippen LogP contribution in [0.25, 0.3) is 0 Å². The molecule has 0 aromatic heterocycles. The molecule has 3 rings (SSSR count). The highest BCUT2D eigenvalue weighted by Gasteiger charge is 2.37. The molecule has 0 spiro atoms. The minimum absolute atomic E-state index is 0.0131. The van der Waals surface area contributed by atoms with Crippen LogP contribution < -0.4 is 0 Å². The number of nitrogens with zero attached hydrogens (tertiary/aromatic N) is 2. The van der Waals surface area contributed by atoms with Gasteiger partial charge in [0, 0.05) is 5.56 Å². The molecule has 1 amide bonds. The van der Waals surface area contributed by atoms with Crippen LogP contribution in [-0.2, 0) is 0 Å². The fourth-order valence-electron chi connectivity index (χ4n) is 1.81. The molecule has 0 atom stereocenters. The second-order valence-electron chi connectivity index (χ2n) is 3.27. The smallest absolute Gasteiger partial charge is 0.260 e. The van der Waals surface area contributed by atoms with Gasteiger partial charge in [-0.25, -0.2) is 4.99 Å². The monoisotopic (exact) mass is 202 g/mol. The number of thiocarbonyl (C=S) groups is 1. The summed E-state index contributed by atoms with van der Waals surface area (Å²) >= 11 is 4.97. The largest absolute Gasteiger partial charge is 0.285 e. The number of benzene rings is 1. The van der Waals surface area contributed by atoms with Crippen molar-refractivity contribution in [3.63, 3.8) is 0 Å². The molecule has 0 fully saturated rings. The van der Waals surface area contributed by atoms with Gasteiger partial charge in [-0.2, -0.15) is 0 Å². The third-order valence-corrected chi connectivity index (χ3v) is 2.64. The van der Waals surface area contributed by atoms with Gasteiger partial charge in [0.1, 0.15) is 10.8 Å². The predicted molar refractivity (Wildman–Crippen MR) is 56.6 cm³/mol. The van der Waals surface area contributed by atoms with E-state index in [4.69, 9.17) is 12.2 Å². The molecule has 0 bridgehead atoms. The molecule has 0 unspecified atom stereocenters. The number of amides is 1. The van der Waals surface area contributed by atoms with Gasteiger partial charge in [0.05, 0.1) is 12.1 Å². The number of carbonyl (C=O) groups is 1. The summed E-state index contributed by atoms with van der Waals surface area (Å²) in [4.78, 5) is 18.2. The number of carbonyl (C=O) groups excluding carboxylic acids is 1. The molecule has 0 saturated heterocycles. The maximum atomic E-state index is 11.8. The van der Waals surface area contributed by atoms with Gasteiger partial charge >= 0.3 is 0 Å². The van der Waals surface area contributed by atoms with Crippen LogP contribution in [0.2, 0.25) is 0 Å². The van der Waals surface area contributed by atoms with Crippen molar-refractivity contribution in [3.8, 4) is 0 Å². The van der Waals surface area contributed by atoms with Crippen LogP contribution in [0.15, 0.2) is 29.3 Å². The van der Waals surface area contributed by atoms with Crippen LogP contribution in [0.4, 0.5) is 0 Å². The fourth-order valence-corrected chi connectivity index (χ4v) is 2.02. The minimum Gasteiger partial charge on any atom is -0.285 e. The lowest BCUT2D eigenvalue weighted by Gasteiger charge is -2.06. The topological polar surface area (TPSA) is 32.7 Å². The van der Waals surface area contributed by atoms with Gasteiger partial charge in [-0.1, -0.05) is 30.4 Å². The van der Waals surface area contributed by atoms with Crippen molar-refractivity contribution in [2.24, 2.45) is 4.99 Å². The van der Waals surface area contributed by atoms with E-state index in [9.17, 15) is 4.79 Å². The first-order valence-electron chi connectivity index (χ1n) is 4.30. The molecule has 0 radical (unpaired) electrons. The Labute approximate surface area is 86.1 Å². The lowest BCUT2D eigenvalue weighted by Crippen LogP contribution is -2.27. The summed E-state index contributed by atoms with van der Waals surface area (Å²) in [6.07, 6.45) is 0. The van der Waals surface area contributed by atoms with E-state index in [1.165, 1.54) is 0 Å². The van der Waals surface area contributed by atoms with E-state index in [2.05, 4.69) is 4.99 Å². The van der Waals surface area contributed by atoms with Gasteiger partial charge in [-0.05, 0) is 6.07 Å². The van der Waals surface area contributed by atoms with Crippen LogP contribution in [0.5, 0.6) is 0 Å². The Bertz CT molecular complexity index is 493. The minimum atomic E-state index is 0.0131. The molecular weight excluding hydrogens is 196 g/mol. The first kappa shape index (κ1) is 7.82. The molecule has 0 N–H and O–H groups in total. The molecule has 3 nitrogen and oxygen atoms in total. The Morgan fingerprint density at radius 2 is 2.00 bits per heavy atom. The SMILES string of the molecule is O=C1c2ccccc2C2=NC(=S)CN12. The second kappa shape index (κ2) is 2.48. The predicted octanol–water partition coefficient (Wildman–Crippen LogP) is 1.23. The molecule has 2 aliphatic heterocycles. The van der Waals surface area contributed by atoms with Crippen LogP contribution in [-0.4, -0.2) is 28.2 Å². The third kappa shape index (κ3) is 0.834. The summed E-state index contributed by atoms with van der Waals surface area (Å²) in [5.41, 5.74) is 1.63. The number of rotatable bonds is 0. The van der Waals surface area contributed by atoms with Crippen molar-refractivity contribution >= 4 is 28.9 Å². The van der Waals surface area contributed by atoms with Crippen LogP contribution in [0, 0.1) is 0 Å². The van der Waals surface area contributed by atoms with E-state index in [1.807, 2.05) is 24.3 Å². The number of aliphatic imine (C=N–C) groups is 1. The lowest BCUT2D eigenvalue weighted by atomic mass is 10.1. The first-order chi connectivity index (χ1) is 6.77.